The SMILES string of the molecule is O=S(=O)(Nc1ccc(F)cc1F)c1ccc(-c2cnc(C3CC3)o2)cc1. The van der Waals surface area contributed by atoms with E-state index in [-0.39, 0.29) is 10.6 Å². The van der Waals surface area contributed by atoms with Crippen molar-refractivity contribution in [2.45, 2.75) is 23.7 Å². The van der Waals surface area contributed by atoms with Crippen LogP contribution in [0.3, 0.4) is 0 Å². The smallest absolute Gasteiger partial charge is 0.261 e. The minimum Gasteiger partial charge on any atom is -0.440 e. The lowest BCUT2D eigenvalue weighted by molar-refractivity contribution is 0.509. The summed E-state index contributed by atoms with van der Waals surface area (Å²) >= 11 is 0. The third-order valence-corrected chi connectivity index (χ3v) is 5.46. The van der Waals surface area contributed by atoms with Gasteiger partial charge in [-0.05, 0) is 49.2 Å². The molecule has 4 rings (SSSR count). The third kappa shape index (κ3) is 3.32. The predicted molar refractivity (Wildman–Crippen MR) is 91.1 cm³/mol. The van der Waals surface area contributed by atoms with E-state index >= 15 is 0 Å². The van der Waals surface area contributed by atoms with Gasteiger partial charge in [-0.15, -0.1) is 0 Å². The van der Waals surface area contributed by atoms with Crippen LogP contribution in [-0.2, 0) is 10.0 Å². The summed E-state index contributed by atoms with van der Waals surface area (Å²) in [5, 5.41) is 0. The highest BCUT2D eigenvalue weighted by Gasteiger charge is 2.28. The summed E-state index contributed by atoms with van der Waals surface area (Å²) in [5.41, 5.74) is 0.371. The van der Waals surface area contributed by atoms with Crippen molar-refractivity contribution in [3.8, 4) is 11.3 Å². The maximum absolute atomic E-state index is 13.7. The minimum absolute atomic E-state index is 0.0492. The van der Waals surface area contributed by atoms with E-state index in [1.807, 2.05) is 0 Å². The highest BCUT2D eigenvalue weighted by atomic mass is 32.2. The first-order chi connectivity index (χ1) is 12.4. The number of oxazole rings is 1. The Hall–Kier alpha value is -2.74. The molecule has 0 aliphatic heterocycles. The summed E-state index contributed by atoms with van der Waals surface area (Å²) in [6.45, 7) is 0. The van der Waals surface area contributed by atoms with Crippen LogP contribution in [0.2, 0.25) is 0 Å². The van der Waals surface area contributed by atoms with E-state index in [0.717, 1.165) is 25.0 Å². The predicted octanol–water partition coefficient (Wildman–Crippen LogP) is 4.30. The van der Waals surface area contributed by atoms with E-state index in [1.54, 1.807) is 18.3 Å². The van der Waals surface area contributed by atoms with Crippen LogP contribution in [0.4, 0.5) is 14.5 Å². The number of aromatic nitrogens is 1. The molecule has 5 nitrogen and oxygen atoms in total. The Morgan fingerprint density at radius 3 is 2.46 bits per heavy atom. The number of hydrogen-bond donors (Lipinski definition) is 1. The molecule has 1 aliphatic rings. The summed E-state index contributed by atoms with van der Waals surface area (Å²) in [6.07, 6.45) is 3.76. The second-order valence-corrected chi connectivity index (χ2v) is 7.77. The van der Waals surface area contributed by atoms with Gasteiger partial charge in [0.1, 0.15) is 11.6 Å². The second kappa shape index (κ2) is 6.21. The average Bonchev–Trinajstić information content (AvgIpc) is 3.35. The molecular formula is C18H14F2N2O3S. The van der Waals surface area contributed by atoms with Gasteiger partial charge in [-0.1, -0.05) is 0 Å². The number of hydrogen-bond acceptors (Lipinski definition) is 4. The highest BCUT2D eigenvalue weighted by Crippen LogP contribution is 2.40. The van der Waals surface area contributed by atoms with E-state index in [0.29, 0.717) is 29.2 Å². The molecule has 0 saturated heterocycles. The molecule has 2 aromatic carbocycles. The fraction of sp³-hybridized carbons (Fsp3) is 0.167. The van der Waals surface area contributed by atoms with Gasteiger partial charge in [0.15, 0.2) is 11.7 Å². The van der Waals surface area contributed by atoms with Gasteiger partial charge in [0.05, 0.1) is 16.8 Å². The Balaban J connectivity index is 1.56. The van der Waals surface area contributed by atoms with Crippen molar-refractivity contribution in [2.75, 3.05) is 4.72 Å². The van der Waals surface area contributed by atoms with E-state index in [1.165, 1.54) is 12.1 Å². The van der Waals surface area contributed by atoms with Crippen molar-refractivity contribution >= 4 is 15.7 Å². The number of sulfonamides is 1. The Morgan fingerprint density at radius 1 is 1.08 bits per heavy atom. The molecule has 0 radical (unpaired) electrons. The Morgan fingerprint density at radius 2 is 1.81 bits per heavy atom. The topological polar surface area (TPSA) is 72.2 Å². The first kappa shape index (κ1) is 16.7. The molecule has 1 aromatic heterocycles. The Labute approximate surface area is 148 Å². The van der Waals surface area contributed by atoms with Crippen LogP contribution in [0.25, 0.3) is 11.3 Å². The van der Waals surface area contributed by atoms with Crippen molar-refractivity contribution in [3.05, 3.63) is 66.2 Å². The van der Waals surface area contributed by atoms with Crippen molar-refractivity contribution in [2.24, 2.45) is 0 Å². The Bertz CT molecular complexity index is 1060. The number of rotatable bonds is 5. The van der Waals surface area contributed by atoms with Gasteiger partial charge >= 0.3 is 0 Å². The van der Waals surface area contributed by atoms with Gasteiger partial charge in [-0.3, -0.25) is 4.72 Å². The normalized spacial score (nSPS) is 14.4. The molecule has 1 N–H and O–H groups in total. The molecule has 26 heavy (non-hydrogen) atoms. The molecular weight excluding hydrogens is 362 g/mol. The van der Waals surface area contributed by atoms with Crippen LogP contribution in [0.5, 0.6) is 0 Å². The number of halogens is 2. The van der Waals surface area contributed by atoms with Crippen LogP contribution < -0.4 is 4.72 Å². The first-order valence-corrected chi connectivity index (χ1v) is 9.45. The molecule has 8 heteroatoms. The Kier molecular flexibility index (Phi) is 3.99. The molecule has 1 saturated carbocycles. The van der Waals surface area contributed by atoms with Crippen molar-refractivity contribution in [1.29, 1.82) is 0 Å². The summed E-state index contributed by atoms with van der Waals surface area (Å²) in [5.74, 6) is -0.122. The van der Waals surface area contributed by atoms with Gasteiger partial charge in [-0.25, -0.2) is 22.2 Å². The average molecular weight is 376 g/mol. The number of benzene rings is 2. The molecule has 0 bridgehead atoms. The maximum atomic E-state index is 13.7. The van der Waals surface area contributed by atoms with Gasteiger partial charge in [0.2, 0.25) is 0 Å². The van der Waals surface area contributed by atoms with Crippen LogP contribution in [-0.4, -0.2) is 13.4 Å². The number of anilines is 1. The summed E-state index contributed by atoms with van der Waals surface area (Å²) in [6, 6.07) is 8.58. The molecule has 0 unspecified atom stereocenters. The first-order valence-electron chi connectivity index (χ1n) is 7.96. The van der Waals surface area contributed by atoms with E-state index in [4.69, 9.17) is 4.42 Å². The van der Waals surface area contributed by atoms with Crippen LogP contribution in [0, 0.1) is 11.6 Å². The molecule has 1 fully saturated rings. The monoisotopic (exact) mass is 376 g/mol. The zero-order valence-corrected chi connectivity index (χ0v) is 14.3. The molecule has 1 aliphatic carbocycles. The minimum atomic E-state index is -4.00. The summed E-state index contributed by atoms with van der Waals surface area (Å²) < 4.78 is 59.2. The lowest BCUT2D eigenvalue weighted by Crippen LogP contribution is -2.14. The number of nitrogens with one attached hydrogen (secondary N) is 1. The summed E-state index contributed by atoms with van der Waals surface area (Å²) in [7, 11) is -4.00. The zero-order chi connectivity index (χ0) is 18.3. The number of nitrogens with zero attached hydrogens (tertiary/aromatic N) is 1. The molecule has 0 amide bonds. The standard InChI is InChI=1S/C18H14F2N2O3S/c19-13-5-8-16(15(20)9-13)22-26(23,24)14-6-3-11(4-7-14)17-10-21-18(25-17)12-1-2-12/h3-10,12,22H,1-2H2. The highest BCUT2D eigenvalue weighted by molar-refractivity contribution is 7.92. The van der Waals surface area contributed by atoms with Crippen molar-refractivity contribution in [3.63, 3.8) is 0 Å². The molecule has 134 valence electrons. The van der Waals surface area contributed by atoms with Gasteiger partial charge in [0, 0.05) is 17.5 Å². The van der Waals surface area contributed by atoms with Crippen molar-refractivity contribution < 1.29 is 21.6 Å². The fourth-order valence-electron chi connectivity index (χ4n) is 2.51. The maximum Gasteiger partial charge on any atom is 0.261 e. The molecule has 0 atom stereocenters. The third-order valence-electron chi connectivity index (χ3n) is 4.07. The fourth-order valence-corrected chi connectivity index (χ4v) is 3.58. The van der Waals surface area contributed by atoms with E-state index in [2.05, 4.69) is 9.71 Å². The lowest BCUT2D eigenvalue weighted by atomic mass is 10.2. The van der Waals surface area contributed by atoms with Crippen LogP contribution in [0.1, 0.15) is 24.7 Å². The van der Waals surface area contributed by atoms with Gasteiger partial charge in [0.25, 0.3) is 10.0 Å². The second-order valence-electron chi connectivity index (χ2n) is 6.09. The molecule has 3 aromatic rings. The molecule has 1 heterocycles. The van der Waals surface area contributed by atoms with E-state index in [9.17, 15) is 17.2 Å². The molecule has 0 spiro atoms. The van der Waals surface area contributed by atoms with Crippen molar-refractivity contribution in [1.82, 2.24) is 4.98 Å². The largest absolute Gasteiger partial charge is 0.440 e. The van der Waals surface area contributed by atoms with Crippen LogP contribution >= 0.6 is 0 Å². The zero-order valence-electron chi connectivity index (χ0n) is 13.4. The van der Waals surface area contributed by atoms with Gasteiger partial charge < -0.3 is 4.42 Å². The van der Waals surface area contributed by atoms with Crippen LogP contribution in [0.15, 0.2) is 58.0 Å². The summed E-state index contributed by atoms with van der Waals surface area (Å²) in [4.78, 5) is 4.18. The lowest BCUT2D eigenvalue weighted by Gasteiger charge is -2.09. The quantitative estimate of drug-likeness (QED) is 0.721. The van der Waals surface area contributed by atoms with E-state index < -0.39 is 21.7 Å². The van der Waals surface area contributed by atoms with Gasteiger partial charge in [-0.2, -0.15) is 0 Å².